The number of hydrogen-bond donors (Lipinski definition) is 3. The van der Waals surface area contributed by atoms with E-state index in [9.17, 15) is 5.11 Å². The summed E-state index contributed by atoms with van der Waals surface area (Å²) in [6, 6.07) is 0. The summed E-state index contributed by atoms with van der Waals surface area (Å²) in [6.07, 6.45) is 6.19. The number of rotatable bonds is 14. The third-order valence-corrected chi connectivity index (χ3v) is 4.46. The molecule has 0 aromatic carbocycles. The minimum absolute atomic E-state index is 0.111. The lowest BCUT2D eigenvalue weighted by Crippen LogP contribution is -2.39. The second kappa shape index (κ2) is 14.8. The quantitative estimate of drug-likeness (QED) is 0.260. The van der Waals surface area contributed by atoms with Crippen LogP contribution in [0.2, 0.25) is 0 Å². The molecule has 5 heteroatoms. The summed E-state index contributed by atoms with van der Waals surface area (Å²) in [5.74, 6) is 0.866. The fourth-order valence-electron chi connectivity index (χ4n) is 2.46. The standard InChI is InChI=1S/C18H39N3O2/c1-5-9-14-23-15-10-12-20-17(19-8-4)21-16-18(6-2,7-3)11-13-22/h22H,5-16H2,1-4H3,(H2,19,20,21). The van der Waals surface area contributed by atoms with Crippen molar-refractivity contribution in [2.75, 3.05) is 39.5 Å². The van der Waals surface area contributed by atoms with Gasteiger partial charge in [0.1, 0.15) is 0 Å². The summed E-state index contributed by atoms with van der Waals surface area (Å²) in [5, 5.41) is 16.0. The van der Waals surface area contributed by atoms with Crippen molar-refractivity contribution in [1.29, 1.82) is 0 Å². The second-order valence-corrected chi connectivity index (χ2v) is 6.12. The smallest absolute Gasteiger partial charge is 0.191 e. The number of unbranched alkanes of at least 4 members (excludes halogenated alkanes) is 1. The molecule has 0 bridgehead atoms. The molecule has 0 aromatic rings. The average Bonchev–Trinajstić information content (AvgIpc) is 2.57. The van der Waals surface area contributed by atoms with Gasteiger partial charge < -0.3 is 20.5 Å². The Morgan fingerprint density at radius 3 is 2.30 bits per heavy atom. The first-order valence-corrected chi connectivity index (χ1v) is 9.38. The molecule has 0 aliphatic heterocycles. The molecule has 0 saturated carbocycles. The molecule has 0 radical (unpaired) electrons. The van der Waals surface area contributed by atoms with Gasteiger partial charge in [-0.1, -0.05) is 27.2 Å². The zero-order chi connectivity index (χ0) is 17.4. The van der Waals surface area contributed by atoms with Gasteiger partial charge in [0.05, 0.1) is 0 Å². The molecule has 23 heavy (non-hydrogen) atoms. The number of aliphatic hydroxyl groups excluding tert-OH is 1. The summed E-state index contributed by atoms with van der Waals surface area (Å²) in [4.78, 5) is 4.74. The molecule has 5 nitrogen and oxygen atoms in total. The van der Waals surface area contributed by atoms with Crippen LogP contribution in [0.4, 0.5) is 0 Å². The lowest BCUT2D eigenvalue weighted by Gasteiger charge is -2.29. The van der Waals surface area contributed by atoms with Crippen molar-refractivity contribution in [1.82, 2.24) is 10.6 Å². The molecular weight excluding hydrogens is 290 g/mol. The van der Waals surface area contributed by atoms with Gasteiger partial charge in [-0.25, -0.2) is 0 Å². The van der Waals surface area contributed by atoms with Gasteiger partial charge in [-0.05, 0) is 44.4 Å². The van der Waals surface area contributed by atoms with Crippen LogP contribution in [0.5, 0.6) is 0 Å². The first-order chi connectivity index (χ1) is 11.2. The molecule has 0 aromatic heterocycles. The van der Waals surface area contributed by atoms with E-state index in [4.69, 9.17) is 9.73 Å². The number of aliphatic imine (C=N–C) groups is 1. The Kier molecular flexibility index (Phi) is 14.2. The van der Waals surface area contributed by atoms with Crippen LogP contribution in [0.1, 0.15) is 66.2 Å². The topological polar surface area (TPSA) is 65.9 Å². The number of hydrogen-bond acceptors (Lipinski definition) is 3. The van der Waals surface area contributed by atoms with Crippen LogP contribution in [-0.4, -0.2) is 50.5 Å². The van der Waals surface area contributed by atoms with Gasteiger partial charge in [-0.3, -0.25) is 4.99 Å². The van der Waals surface area contributed by atoms with Gasteiger partial charge >= 0.3 is 0 Å². The molecule has 0 fully saturated rings. The van der Waals surface area contributed by atoms with Crippen LogP contribution in [-0.2, 0) is 4.74 Å². The van der Waals surface area contributed by atoms with Crippen molar-refractivity contribution < 1.29 is 9.84 Å². The molecule has 0 unspecified atom stereocenters. The van der Waals surface area contributed by atoms with Gasteiger partial charge in [-0.15, -0.1) is 0 Å². The van der Waals surface area contributed by atoms with Crippen molar-refractivity contribution >= 4 is 5.96 Å². The van der Waals surface area contributed by atoms with Crippen molar-refractivity contribution in [2.45, 2.75) is 66.2 Å². The molecule has 0 aliphatic rings. The van der Waals surface area contributed by atoms with Crippen LogP contribution in [0.25, 0.3) is 0 Å². The van der Waals surface area contributed by atoms with Crippen molar-refractivity contribution in [2.24, 2.45) is 10.4 Å². The Morgan fingerprint density at radius 2 is 1.74 bits per heavy atom. The predicted molar refractivity (Wildman–Crippen MR) is 99.0 cm³/mol. The van der Waals surface area contributed by atoms with E-state index in [1.54, 1.807) is 0 Å². The number of guanidine groups is 1. The average molecular weight is 330 g/mol. The number of ether oxygens (including phenoxy) is 1. The summed E-state index contributed by atoms with van der Waals surface area (Å²) in [7, 11) is 0. The van der Waals surface area contributed by atoms with Crippen LogP contribution in [0.15, 0.2) is 4.99 Å². The van der Waals surface area contributed by atoms with Gasteiger partial charge in [0.2, 0.25) is 0 Å². The Labute approximate surface area is 143 Å². The highest BCUT2D eigenvalue weighted by Gasteiger charge is 2.25. The molecule has 0 rings (SSSR count). The fraction of sp³-hybridized carbons (Fsp3) is 0.944. The summed E-state index contributed by atoms with van der Waals surface area (Å²) in [6.45, 7) is 13.0. The molecule has 0 atom stereocenters. The van der Waals surface area contributed by atoms with Crippen molar-refractivity contribution in [3.05, 3.63) is 0 Å². The Balaban J connectivity index is 4.25. The third-order valence-electron chi connectivity index (χ3n) is 4.46. The highest BCUT2D eigenvalue weighted by Crippen LogP contribution is 2.30. The molecule has 138 valence electrons. The van der Waals surface area contributed by atoms with Crippen LogP contribution >= 0.6 is 0 Å². The lowest BCUT2D eigenvalue weighted by atomic mass is 9.79. The maximum Gasteiger partial charge on any atom is 0.191 e. The molecule has 0 amide bonds. The monoisotopic (exact) mass is 329 g/mol. The largest absolute Gasteiger partial charge is 0.396 e. The number of aliphatic hydroxyl groups is 1. The van der Waals surface area contributed by atoms with E-state index < -0.39 is 0 Å². The van der Waals surface area contributed by atoms with Crippen LogP contribution < -0.4 is 10.6 Å². The normalized spacial score (nSPS) is 12.5. The van der Waals surface area contributed by atoms with Crippen LogP contribution in [0, 0.1) is 5.41 Å². The van der Waals surface area contributed by atoms with E-state index in [0.29, 0.717) is 0 Å². The highest BCUT2D eigenvalue weighted by atomic mass is 16.5. The van der Waals surface area contributed by atoms with Gasteiger partial charge in [0, 0.05) is 39.5 Å². The van der Waals surface area contributed by atoms with E-state index in [-0.39, 0.29) is 12.0 Å². The molecule has 0 heterocycles. The fourth-order valence-corrected chi connectivity index (χ4v) is 2.46. The zero-order valence-corrected chi connectivity index (χ0v) is 15.8. The van der Waals surface area contributed by atoms with E-state index in [2.05, 4.69) is 38.3 Å². The van der Waals surface area contributed by atoms with Crippen molar-refractivity contribution in [3.63, 3.8) is 0 Å². The minimum atomic E-state index is 0.111. The molecule has 0 aliphatic carbocycles. The Morgan fingerprint density at radius 1 is 1.04 bits per heavy atom. The summed E-state index contributed by atoms with van der Waals surface area (Å²) in [5.41, 5.74) is 0.111. The second-order valence-electron chi connectivity index (χ2n) is 6.12. The van der Waals surface area contributed by atoms with E-state index in [1.165, 1.54) is 6.42 Å². The molecule has 0 saturated heterocycles. The molecular formula is C18H39N3O2. The minimum Gasteiger partial charge on any atom is -0.396 e. The number of nitrogens with one attached hydrogen (secondary N) is 2. The molecule has 3 N–H and O–H groups in total. The van der Waals surface area contributed by atoms with Crippen molar-refractivity contribution in [3.8, 4) is 0 Å². The van der Waals surface area contributed by atoms with Gasteiger partial charge in [0.25, 0.3) is 0 Å². The number of nitrogens with zero attached hydrogens (tertiary/aromatic N) is 1. The predicted octanol–water partition coefficient (Wildman–Crippen LogP) is 2.94. The molecule has 0 spiro atoms. The first-order valence-electron chi connectivity index (χ1n) is 9.38. The van der Waals surface area contributed by atoms with E-state index >= 15 is 0 Å². The Bertz CT molecular complexity index is 292. The van der Waals surface area contributed by atoms with E-state index in [1.807, 2.05) is 0 Å². The maximum absolute atomic E-state index is 9.30. The lowest BCUT2D eigenvalue weighted by molar-refractivity contribution is 0.129. The van der Waals surface area contributed by atoms with Gasteiger partial charge in [-0.2, -0.15) is 0 Å². The summed E-state index contributed by atoms with van der Waals surface area (Å²) >= 11 is 0. The maximum atomic E-state index is 9.30. The van der Waals surface area contributed by atoms with E-state index in [0.717, 1.165) is 70.9 Å². The first kappa shape index (κ1) is 22.2. The Hall–Kier alpha value is -0.810. The highest BCUT2D eigenvalue weighted by molar-refractivity contribution is 5.79. The summed E-state index contributed by atoms with van der Waals surface area (Å²) < 4.78 is 5.57. The SMILES string of the molecule is CCCCOCCCNC(=NCC(CC)(CC)CCO)NCC. The zero-order valence-electron chi connectivity index (χ0n) is 15.8. The van der Waals surface area contributed by atoms with Crippen LogP contribution in [0.3, 0.4) is 0 Å². The third kappa shape index (κ3) is 10.6. The van der Waals surface area contributed by atoms with Gasteiger partial charge in [0.15, 0.2) is 5.96 Å².